The monoisotopic (exact) mass is 405 g/mol. The Morgan fingerprint density at radius 3 is 2.38 bits per heavy atom. The number of hydrogen-bond acceptors (Lipinski definition) is 4. The number of amides is 1. The van der Waals surface area contributed by atoms with E-state index in [1.165, 1.54) is 16.9 Å². The van der Waals surface area contributed by atoms with Gasteiger partial charge in [-0.3, -0.25) is 4.79 Å². The number of anilines is 1. The van der Waals surface area contributed by atoms with Gasteiger partial charge in [0, 0.05) is 12.4 Å². The predicted octanol–water partition coefficient (Wildman–Crippen LogP) is 4.31. The van der Waals surface area contributed by atoms with Gasteiger partial charge in [-0.1, -0.05) is 0 Å². The minimum absolute atomic E-state index is 0.0242. The summed E-state index contributed by atoms with van der Waals surface area (Å²) in [6, 6.07) is 11.3. The fourth-order valence-electron chi connectivity index (χ4n) is 2.56. The number of alkyl halides is 3. The van der Waals surface area contributed by atoms with Crippen LogP contribution in [-0.2, 0) is 11.0 Å². The minimum atomic E-state index is -4.54. The molecule has 0 bridgehead atoms. The van der Waals surface area contributed by atoms with Crippen LogP contribution in [0.1, 0.15) is 12.5 Å². The van der Waals surface area contributed by atoms with E-state index in [1.807, 2.05) is 6.92 Å². The summed E-state index contributed by atoms with van der Waals surface area (Å²) >= 11 is 0. The quantitative estimate of drug-likeness (QED) is 0.636. The van der Waals surface area contributed by atoms with Gasteiger partial charge in [0.1, 0.15) is 11.5 Å². The number of nitrogens with zero attached hydrogens (tertiary/aromatic N) is 2. The molecule has 0 aliphatic rings. The molecule has 0 saturated heterocycles. The molecular weight excluding hydrogens is 387 g/mol. The lowest BCUT2D eigenvalue weighted by Gasteiger charge is -2.15. The number of aromatic nitrogens is 2. The van der Waals surface area contributed by atoms with Crippen molar-refractivity contribution in [2.45, 2.75) is 13.1 Å². The van der Waals surface area contributed by atoms with Crippen molar-refractivity contribution in [2.75, 3.05) is 18.5 Å². The Labute approximate surface area is 164 Å². The molecule has 0 atom stereocenters. The van der Waals surface area contributed by atoms with E-state index in [9.17, 15) is 18.0 Å². The van der Waals surface area contributed by atoms with E-state index in [0.29, 0.717) is 23.8 Å². The number of carbonyl (C=O) groups excluding carboxylic acids is 1. The van der Waals surface area contributed by atoms with Gasteiger partial charge in [-0.2, -0.15) is 18.3 Å². The lowest BCUT2D eigenvalue weighted by atomic mass is 10.1. The Bertz CT molecular complexity index is 955. The van der Waals surface area contributed by atoms with E-state index in [-0.39, 0.29) is 12.3 Å². The van der Waals surface area contributed by atoms with Crippen molar-refractivity contribution in [3.8, 4) is 17.2 Å². The van der Waals surface area contributed by atoms with Crippen molar-refractivity contribution in [3.63, 3.8) is 0 Å². The predicted molar refractivity (Wildman–Crippen MR) is 100 cm³/mol. The highest BCUT2D eigenvalue weighted by molar-refractivity contribution is 5.94. The third-order valence-electron chi connectivity index (χ3n) is 3.85. The number of carbonyl (C=O) groups is 1. The molecule has 3 rings (SSSR count). The summed E-state index contributed by atoms with van der Waals surface area (Å²) in [4.78, 5) is 12.3. The Hall–Kier alpha value is -3.49. The summed E-state index contributed by atoms with van der Waals surface area (Å²) in [5.74, 6) is 0.490. The molecule has 0 radical (unpaired) electrons. The van der Waals surface area contributed by atoms with E-state index in [2.05, 4.69) is 10.4 Å². The summed E-state index contributed by atoms with van der Waals surface area (Å²) in [6.45, 7) is 2.01. The van der Waals surface area contributed by atoms with Crippen molar-refractivity contribution in [1.82, 2.24) is 9.78 Å². The smallest absolute Gasteiger partial charge is 0.416 e. The second kappa shape index (κ2) is 8.68. The zero-order valence-corrected chi connectivity index (χ0v) is 15.4. The van der Waals surface area contributed by atoms with Crippen LogP contribution in [-0.4, -0.2) is 28.9 Å². The highest BCUT2D eigenvalue weighted by Gasteiger charge is 2.31. The molecule has 3 aromatic rings. The number of nitrogens with one attached hydrogen (secondary N) is 1. The third kappa shape index (κ3) is 5.28. The Morgan fingerprint density at radius 1 is 1.10 bits per heavy atom. The van der Waals surface area contributed by atoms with Gasteiger partial charge in [-0.15, -0.1) is 0 Å². The minimum Gasteiger partial charge on any atom is -0.494 e. The molecule has 1 aromatic heterocycles. The average molecular weight is 405 g/mol. The molecule has 6 nitrogen and oxygen atoms in total. The van der Waals surface area contributed by atoms with E-state index >= 15 is 0 Å². The molecule has 0 spiro atoms. The van der Waals surface area contributed by atoms with E-state index in [1.54, 1.807) is 36.5 Å². The average Bonchev–Trinajstić information content (AvgIpc) is 3.21. The van der Waals surface area contributed by atoms with Crippen LogP contribution in [0.3, 0.4) is 0 Å². The lowest BCUT2D eigenvalue weighted by Crippen LogP contribution is -2.21. The van der Waals surface area contributed by atoms with Crippen molar-refractivity contribution in [2.24, 2.45) is 0 Å². The molecule has 0 saturated carbocycles. The van der Waals surface area contributed by atoms with Gasteiger partial charge in [-0.25, -0.2) is 4.68 Å². The zero-order valence-electron chi connectivity index (χ0n) is 15.4. The van der Waals surface area contributed by atoms with Crippen LogP contribution in [0.2, 0.25) is 0 Å². The molecular formula is C20H18F3N3O3. The molecule has 0 unspecified atom stereocenters. The first kappa shape index (κ1) is 20.2. The number of rotatable bonds is 7. The first-order valence-electron chi connectivity index (χ1n) is 8.73. The van der Waals surface area contributed by atoms with Gasteiger partial charge < -0.3 is 14.8 Å². The highest BCUT2D eigenvalue weighted by Crippen LogP contribution is 2.33. The summed E-state index contributed by atoms with van der Waals surface area (Å²) in [5.41, 5.74) is -0.600. The van der Waals surface area contributed by atoms with E-state index in [0.717, 1.165) is 12.1 Å². The molecule has 0 aliphatic heterocycles. The maximum atomic E-state index is 13.1. The SMILES string of the molecule is CCOc1ccc(OCC(=O)Nc2cc(C(F)(F)F)ccc2-n2cccn2)cc1. The molecule has 0 aliphatic carbocycles. The third-order valence-corrected chi connectivity index (χ3v) is 3.85. The Balaban J connectivity index is 1.72. The van der Waals surface area contributed by atoms with Crippen LogP contribution < -0.4 is 14.8 Å². The van der Waals surface area contributed by atoms with E-state index in [4.69, 9.17) is 9.47 Å². The van der Waals surface area contributed by atoms with Crippen LogP contribution in [0, 0.1) is 0 Å². The van der Waals surface area contributed by atoms with E-state index < -0.39 is 17.6 Å². The van der Waals surface area contributed by atoms with Crippen molar-refractivity contribution >= 4 is 11.6 Å². The van der Waals surface area contributed by atoms with Gasteiger partial charge in [0.2, 0.25) is 0 Å². The summed E-state index contributed by atoms with van der Waals surface area (Å²) in [7, 11) is 0. The fourth-order valence-corrected chi connectivity index (χ4v) is 2.56. The number of benzene rings is 2. The van der Waals surface area contributed by atoms with Crippen LogP contribution in [0.4, 0.5) is 18.9 Å². The van der Waals surface area contributed by atoms with Crippen LogP contribution >= 0.6 is 0 Å². The normalized spacial score (nSPS) is 11.2. The van der Waals surface area contributed by atoms with Crippen LogP contribution in [0.25, 0.3) is 5.69 Å². The second-order valence-corrected chi connectivity index (χ2v) is 5.92. The topological polar surface area (TPSA) is 65.4 Å². The van der Waals surface area contributed by atoms with Gasteiger partial charge >= 0.3 is 6.18 Å². The van der Waals surface area contributed by atoms with Crippen LogP contribution in [0.5, 0.6) is 11.5 Å². The molecule has 2 aromatic carbocycles. The molecule has 1 amide bonds. The maximum absolute atomic E-state index is 13.1. The number of ether oxygens (including phenoxy) is 2. The molecule has 0 fully saturated rings. The standard InChI is InChI=1S/C20H18F3N3O3/c1-2-28-15-5-7-16(8-6-15)29-13-19(27)25-17-12-14(20(21,22)23)4-9-18(17)26-11-3-10-24-26/h3-12H,2,13H2,1H3,(H,25,27). The molecule has 29 heavy (non-hydrogen) atoms. The largest absolute Gasteiger partial charge is 0.494 e. The maximum Gasteiger partial charge on any atom is 0.416 e. The molecule has 9 heteroatoms. The lowest BCUT2D eigenvalue weighted by molar-refractivity contribution is -0.137. The first-order valence-corrected chi connectivity index (χ1v) is 8.73. The second-order valence-electron chi connectivity index (χ2n) is 5.92. The van der Waals surface area contributed by atoms with Crippen molar-refractivity contribution < 1.29 is 27.4 Å². The summed E-state index contributed by atoms with van der Waals surface area (Å²) in [6.07, 6.45) is -1.49. The van der Waals surface area contributed by atoms with Gasteiger partial charge in [0.05, 0.1) is 23.5 Å². The Morgan fingerprint density at radius 2 is 1.79 bits per heavy atom. The van der Waals surface area contributed by atoms with Gasteiger partial charge in [0.25, 0.3) is 5.91 Å². The molecule has 1 heterocycles. The summed E-state index contributed by atoms with van der Waals surface area (Å²) < 4.78 is 51.3. The Kier molecular flexibility index (Phi) is 6.06. The van der Waals surface area contributed by atoms with Crippen LogP contribution in [0.15, 0.2) is 60.9 Å². The number of halogens is 3. The number of hydrogen-bond donors (Lipinski definition) is 1. The summed E-state index contributed by atoms with van der Waals surface area (Å²) in [5, 5.41) is 6.47. The molecule has 152 valence electrons. The molecule has 1 N–H and O–H groups in total. The fraction of sp³-hybridized carbons (Fsp3) is 0.200. The van der Waals surface area contributed by atoms with Gasteiger partial charge in [-0.05, 0) is 55.5 Å². The van der Waals surface area contributed by atoms with Crippen molar-refractivity contribution in [1.29, 1.82) is 0 Å². The van der Waals surface area contributed by atoms with Crippen molar-refractivity contribution in [3.05, 3.63) is 66.5 Å². The highest BCUT2D eigenvalue weighted by atomic mass is 19.4. The first-order chi connectivity index (χ1) is 13.9. The zero-order chi connectivity index (χ0) is 20.9. The van der Waals surface area contributed by atoms with Gasteiger partial charge in [0.15, 0.2) is 6.61 Å².